The number of halogens is 3. The van der Waals surface area contributed by atoms with Crippen molar-refractivity contribution in [2.45, 2.75) is 57.3 Å². The maximum absolute atomic E-state index is 13.7. The second kappa shape index (κ2) is 13.5. The number of aromatic nitrogens is 2. The van der Waals surface area contributed by atoms with Gasteiger partial charge in [-0.25, -0.2) is 23.2 Å². The Bertz CT molecular complexity index is 1660. The molecule has 0 saturated carbocycles. The monoisotopic (exact) mass is 655 g/mol. The van der Waals surface area contributed by atoms with Gasteiger partial charge in [0.05, 0.1) is 37.8 Å². The molecule has 4 rings (SSSR count). The first-order valence-electron chi connectivity index (χ1n) is 13.8. The van der Waals surface area contributed by atoms with Crippen molar-refractivity contribution >= 4 is 38.1 Å². The Labute approximate surface area is 256 Å². The van der Waals surface area contributed by atoms with Gasteiger partial charge in [-0.1, -0.05) is 6.92 Å². The van der Waals surface area contributed by atoms with Gasteiger partial charge >= 0.3 is 12.1 Å². The van der Waals surface area contributed by atoms with Crippen LogP contribution in [-0.2, 0) is 38.4 Å². The SMILES string of the molecule is CCOC(=O)c1c(NC(=O)CCCS(=O)(=O)c2nc(-c3ccc(OC)c(OC)c3)cc(C(F)(F)F)n2)sc2c1CC[C@@H](C)C2. The number of thiophene rings is 1. The van der Waals surface area contributed by atoms with E-state index in [-0.39, 0.29) is 36.5 Å². The van der Waals surface area contributed by atoms with Crippen LogP contribution in [0.25, 0.3) is 11.3 Å². The van der Waals surface area contributed by atoms with Crippen molar-refractivity contribution in [3.63, 3.8) is 0 Å². The third kappa shape index (κ3) is 7.49. The van der Waals surface area contributed by atoms with E-state index in [9.17, 15) is 31.2 Å². The summed E-state index contributed by atoms with van der Waals surface area (Å²) in [7, 11) is -1.70. The summed E-state index contributed by atoms with van der Waals surface area (Å²) in [6, 6.07) is 4.89. The molecule has 2 aromatic heterocycles. The van der Waals surface area contributed by atoms with E-state index in [1.807, 2.05) is 0 Å². The van der Waals surface area contributed by atoms with E-state index >= 15 is 0 Å². The maximum Gasteiger partial charge on any atom is 0.433 e. The lowest BCUT2D eigenvalue weighted by Crippen LogP contribution is -2.19. The highest BCUT2D eigenvalue weighted by Gasteiger charge is 2.36. The summed E-state index contributed by atoms with van der Waals surface area (Å²) in [5.74, 6) is -0.817. The molecule has 1 amide bonds. The topological polar surface area (TPSA) is 134 Å². The first-order chi connectivity index (χ1) is 20.8. The molecule has 0 radical (unpaired) electrons. The molecule has 44 heavy (non-hydrogen) atoms. The Kier molecular flexibility index (Phi) is 10.2. The predicted octanol–water partition coefficient (Wildman–Crippen LogP) is 5.74. The Hall–Kier alpha value is -3.72. The largest absolute Gasteiger partial charge is 0.493 e. The zero-order valence-electron chi connectivity index (χ0n) is 24.5. The number of rotatable bonds is 11. The fourth-order valence-electron chi connectivity index (χ4n) is 4.81. The van der Waals surface area contributed by atoms with Crippen LogP contribution in [0, 0.1) is 5.92 Å². The highest BCUT2D eigenvalue weighted by atomic mass is 32.2. The normalized spacial score (nSPS) is 14.9. The minimum Gasteiger partial charge on any atom is -0.493 e. The van der Waals surface area contributed by atoms with E-state index < -0.39 is 44.5 Å². The molecular formula is C29H32F3N3O7S2. The average molecular weight is 656 g/mol. The van der Waals surface area contributed by atoms with E-state index in [2.05, 4.69) is 22.2 Å². The van der Waals surface area contributed by atoms with Gasteiger partial charge < -0.3 is 19.5 Å². The van der Waals surface area contributed by atoms with Crippen molar-refractivity contribution in [2.24, 2.45) is 5.92 Å². The third-order valence-electron chi connectivity index (χ3n) is 7.01. The highest BCUT2D eigenvalue weighted by molar-refractivity contribution is 7.91. The Morgan fingerprint density at radius 2 is 1.84 bits per heavy atom. The molecule has 1 aliphatic carbocycles. The van der Waals surface area contributed by atoms with Crippen molar-refractivity contribution in [3.05, 3.63) is 46.0 Å². The molecule has 238 valence electrons. The molecule has 1 N–H and O–H groups in total. The van der Waals surface area contributed by atoms with Gasteiger partial charge in [0, 0.05) is 16.9 Å². The van der Waals surface area contributed by atoms with Crippen molar-refractivity contribution in [1.82, 2.24) is 9.97 Å². The number of carbonyl (C=O) groups is 2. The number of anilines is 1. The van der Waals surface area contributed by atoms with Gasteiger partial charge in [0.2, 0.25) is 20.9 Å². The van der Waals surface area contributed by atoms with Crippen LogP contribution in [0.1, 0.15) is 59.6 Å². The van der Waals surface area contributed by atoms with Crippen molar-refractivity contribution in [1.29, 1.82) is 0 Å². The molecule has 3 aromatic rings. The van der Waals surface area contributed by atoms with Crippen LogP contribution in [-0.4, -0.2) is 56.8 Å². The van der Waals surface area contributed by atoms with E-state index in [1.54, 1.807) is 6.92 Å². The molecular weight excluding hydrogens is 623 g/mol. The van der Waals surface area contributed by atoms with Gasteiger partial charge in [0.15, 0.2) is 11.5 Å². The van der Waals surface area contributed by atoms with Crippen LogP contribution in [0.3, 0.4) is 0 Å². The van der Waals surface area contributed by atoms with Gasteiger partial charge in [-0.2, -0.15) is 13.2 Å². The molecule has 0 bridgehead atoms. The second-order valence-electron chi connectivity index (χ2n) is 10.2. The van der Waals surface area contributed by atoms with Crippen LogP contribution >= 0.6 is 11.3 Å². The second-order valence-corrected chi connectivity index (χ2v) is 13.3. The number of nitrogens with one attached hydrogen (secondary N) is 1. The van der Waals surface area contributed by atoms with Gasteiger partial charge in [-0.05, 0) is 68.4 Å². The first-order valence-corrected chi connectivity index (χ1v) is 16.3. The van der Waals surface area contributed by atoms with E-state index in [0.29, 0.717) is 34.7 Å². The molecule has 0 unspecified atom stereocenters. The van der Waals surface area contributed by atoms with Crippen molar-refractivity contribution in [2.75, 3.05) is 31.9 Å². The number of alkyl halides is 3. The highest BCUT2D eigenvalue weighted by Crippen LogP contribution is 2.40. The summed E-state index contributed by atoms with van der Waals surface area (Å²) in [6.45, 7) is 3.95. The molecule has 1 aliphatic rings. The number of fused-ring (bicyclic) bond motifs is 1. The quantitative estimate of drug-likeness (QED) is 0.203. The number of esters is 1. The zero-order chi connectivity index (χ0) is 32.2. The van der Waals surface area contributed by atoms with Crippen LogP contribution in [0.15, 0.2) is 29.4 Å². The van der Waals surface area contributed by atoms with E-state index in [0.717, 1.165) is 23.3 Å². The van der Waals surface area contributed by atoms with Gasteiger partial charge in [-0.15, -0.1) is 11.3 Å². The van der Waals surface area contributed by atoms with E-state index in [1.165, 1.54) is 43.8 Å². The number of hydrogen-bond donors (Lipinski definition) is 1. The fourth-order valence-corrected chi connectivity index (χ4v) is 7.41. The van der Waals surface area contributed by atoms with Crippen LogP contribution in [0.2, 0.25) is 0 Å². The molecule has 0 saturated heterocycles. The third-order valence-corrected chi connectivity index (χ3v) is 9.75. The molecule has 0 fully saturated rings. The summed E-state index contributed by atoms with van der Waals surface area (Å²) in [4.78, 5) is 33.8. The lowest BCUT2D eigenvalue weighted by atomic mass is 9.88. The maximum atomic E-state index is 13.7. The molecule has 15 heteroatoms. The first kappa shape index (κ1) is 33.2. The fraction of sp³-hybridized carbons (Fsp3) is 0.448. The molecule has 1 aromatic carbocycles. The number of nitrogens with zero attached hydrogens (tertiary/aromatic N) is 2. The molecule has 10 nitrogen and oxygen atoms in total. The lowest BCUT2D eigenvalue weighted by Gasteiger charge is -2.18. The van der Waals surface area contributed by atoms with Crippen molar-refractivity contribution < 1.29 is 45.4 Å². The molecule has 0 aliphatic heterocycles. The number of sulfone groups is 1. The van der Waals surface area contributed by atoms with E-state index in [4.69, 9.17) is 14.2 Å². The van der Waals surface area contributed by atoms with Crippen LogP contribution in [0.5, 0.6) is 11.5 Å². The van der Waals surface area contributed by atoms with Crippen LogP contribution in [0.4, 0.5) is 18.2 Å². The lowest BCUT2D eigenvalue weighted by molar-refractivity contribution is -0.141. The standard InChI is InChI=1S/C29H32F3N3O7S2/c1-5-42-27(37)25-18-10-8-16(2)13-22(18)43-26(25)35-24(36)7-6-12-44(38,39)28-33-19(15-23(34-28)29(30,31)32)17-9-11-20(40-3)21(14-17)41-4/h9,11,14-16H,5-8,10,12-13H2,1-4H3,(H,35,36)/t16-/m1/s1. The minimum absolute atomic E-state index is 0.150. The molecule has 1 atom stereocenters. The predicted molar refractivity (Wildman–Crippen MR) is 157 cm³/mol. The van der Waals surface area contributed by atoms with Crippen molar-refractivity contribution in [3.8, 4) is 22.8 Å². The van der Waals surface area contributed by atoms with Crippen LogP contribution < -0.4 is 14.8 Å². The van der Waals surface area contributed by atoms with Gasteiger partial charge in [-0.3, -0.25) is 4.79 Å². The minimum atomic E-state index is -4.95. The number of benzene rings is 1. The Morgan fingerprint density at radius 1 is 1.11 bits per heavy atom. The van der Waals surface area contributed by atoms with Gasteiger partial charge in [0.1, 0.15) is 10.7 Å². The summed E-state index contributed by atoms with van der Waals surface area (Å²) in [5.41, 5.74) is -0.392. The number of ether oxygens (including phenoxy) is 3. The number of hydrogen-bond acceptors (Lipinski definition) is 10. The summed E-state index contributed by atoms with van der Waals surface area (Å²) < 4.78 is 82.9. The smallest absolute Gasteiger partial charge is 0.433 e. The zero-order valence-corrected chi connectivity index (χ0v) is 26.2. The molecule has 2 heterocycles. The average Bonchev–Trinajstić information content (AvgIpc) is 3.32. The number of amides is 1. The number of methoxy groups -OCH3 is 2. The number of carbonyl (C=O) groups excluding carboxylic acids is 2. The Balaban J connectivity index is 1.53. The summed E-state index contributed by atoms with van der Waals surface area (Å²) in [6.07, 6.45) is -3.11. The Morgan fingerprint density at radius 3 is 2.50 bits per heavy atom. The summed E-state index contributed by atoms with van der Waals surface area (Å²) >= 11 is 1.30. The molecule has 0 spiro atoms. The summed E-state index contributed by atoms with van der Waals surface area (Å²) in [5, 5.41) is 2.04. The van der Waals surface area contributed by atoms with Gasteiger partial charge in [0.25, 0.3) is 0 Å².